The molecule has 5 heteroatoms. The number of fused-ring (bicyclic) bond motifs is 1. The quantitative estimate of drug-likeness (QED) is 0.645. The van der Waals surface area contributed by atoms with E-state index in [0.29, 0.717) is 12.5 Å². The predicted molar refractivity (Wildman–Crippen MR) is 99.9 cm³/mol. The number of rotatable bonds is 4. The van der Waals surface area contributed by atoms with Crippen molar-refractivity contribution in [2.24, 2.45) is 5.92 Å². The van der Waals surface area contributed by atoms with Gasteiger partial charge in [-0.1, -0.05) is 37.3 Å². The number of thiazole rings is 1. The highest BCUT2D eigenvalue weighted by Gasteiger charge is 2.23. The maximum atomic E-state index is 12.9. The van der Waals surface area contributed by atoms with Crippen LogP contribution in [0.1, 0.15) is 34.6 Å². The van der Waals surface area contributed by atoms with E-state index in [1.165, 1.54) is 27.2 Å². The van der Waals surface area contributed by atoms with Gasteiger partial charge < -0.3 is 0 Å². The zero-order valence-electron chi connectivity index (χ0n) is 13.8. The summed E-state index contributed by atoms with van der Waals surface area (Å²) in [6.07, 6.45) is 0. The van der Waals surface area contributed by atoms with Gasteiger partial charge in [0, 0.05) is 6.54 Å². The second-order valence-corrected chi connectivity index (χ2v) is 8.14. The van der Waals surface area contributed by atoms with Gasteiger partial charge in [-0.15, -0.1) is 11.3 Å². The number of hydrogen-bond donors (Lipinski definition) is 0. The maximum Gasteiger partial charge on any atom is 0.270 e. The Balaban J connectivity index is 2.06. The average Bonchev–Trinajstić information content (AvgIpc) is 3.12. The highest BCUT2D eigenvalue weighted by atomic mass is 32.1. The molecule has 1 aromatic carbocycles. The molecule has 2 aromatic heterocycles. The molecule has 2 heterocycles. The first kappa shape index (κ1) is 16.1. The van der Waals surface area contributed by atoms with Crippen molar-refractivity contribution in [2.75, 3.05) is 11.4 Å². The highest BCUT2D eigenvalue weighted by Crippen LogP contribution is 2.33. The van der Waals surface area contributed by atoms with E-state index in [0.717, 1.165) is 15.5 Å². The summed E-state index contributed by atoms with van der Waals surface area (Å²) >= 11 is 3.09. The van der Waals surface area contributed by atoms with Crippen LogP contribution in [0.4, 0.5) is 5.13 Å². The van der Waals surface area contributed by atoms with E-state index < -0.39 is 0 Å². The van der Waals surface area contributed by atoms with Gasteiger partial charge in [0.2, 0.25) is 0 Å². The molecule has 1 amide bonds. The molecule has 120 valence electrons. The predicted octanol–water partition coefficient (Wildman–Crippen LogP) is 5.28. The van der Waals surface area contributed by atoms with Crippen LogP contribution in [0.25, 0.3) is 10.2 Å². The molecule has 3 nitrogen and oxygen atoms in total. The van der Waals surface area contributed by atoms with Gasteiger partial charge in [-0.25, -0.2) is 4.98 Å². The van der Waals surface area contributed by atoms with E-state index in [2.05, 4.69) is 39.8 Å². The summed E-state index contributed by atoms with van der Waals surface area (Å²) in [7, 11) is 0. The summed E-state index contributed by atoms with van der Waals surface area (Å²) in [5.74, 6) is 0.427. The van der Waals surface area contributed by atoms with Crippen LogP contribution in [0.15, 0.2) is 29.6 Å². The van der Waals surface area contributed by atoms with E-state index in [4.69, 9.17) is 4.98 Å². The molecule has 0 fully saturated rings. The molecule has 0 unspecified atom stereocenters. The minimum atomic E-state index is 0.0436. The number of amides is 1. The number of carbonyl (C=O) groups excluding carboxylic acids is 1. The Morgan fingerprint density at radius 2 is 2.09 bits per heavy atom. The van der Waals surface area contributed by atoms with Crippen LogP contribution in [-0.4, -0.2) is 17.4 Å². The summed E-state index contributed by atoms with van der Waals surface area (Å²) in [5.41, 5.74) is 3.40. The Morgan fingerprint density at radius 3 is 2.74 bits per heavy atom. The molecule has 0 aliphatic heterocycles. The Labute approximate surface area is 144 Å². The van der Waals surface area contributed by atoms with E-state index in [9.17, 15) is 4.79 Å². The van der Waals surface area contributed by atoms with Crippen molar-refractivity contribution >= 4 is 43.9 Å². The number of carbonyl (C=O) groups is 1. The van der Waals surface area contributed by atoms with Crippen molar-refractivity contribution in [1.29, 1.82) is 0 Å². The fraction of sp³-hybridized carbons (Fsp3) is 0.333. The average molecular weight is 345 g/mol. The molecule has 0 N–H and O–H groups in total. The monoisotopic (exact) mass is 344 g/mol. The van der Waals surface area contributed by atoms with Crippen LogP contribution in [0.3, 0.4) is 0 Å². The van der Waals surface area contributed by atoms with Gasteiger partial charge >= 0.3 is 0 Å². The molecule has 0 aliphatic rings. The molecule has 0 saturated heterocycles. The molecular formula is C18H20N2OS2. The lowest BCUT2D eigenvalue weighted by molar-refractivity contribution is 0.0988. The molecule has 0 spiro atoms. The Kier molecular flexibility index (Phi) is 4.50. The molecule has 23 heavy (non-hydrogen) atoms. The molecule has 0 radical (unpaired) electrons. The minimum absolute atomic E-state index is 0.0436. The third-order valence-electron chi connectivity index (χ3n) is 3.56. The maximum absolute atomic E-state index is 12.9. The van der Waals surface area contributed by atoms with Crippen LogP contribution in [0.5, 0.6) is 0 Å². The van der Waals surface area contributed by atoms with Gasteiger partial charge in [0.1, 0.15) is 0 Å². The molecule has 3 aromatic rings. The van der Waals surface area contributed by atoms with Gasteiger partial charge in [-0.3, -0.25) is 9.69 Å². The van der Waals surface area contributed by atoms with Crippen LogP contribution >= 0.6 is 22.7 Å². The highest BCUT2D eigenvalue weighted by molar-refractivity contribution is 7.22. The number of thiophene rings is 1. The summed E-state index contributed by atoms with van der Waals surface area (Å²) in [6.45, 7) is 9.10. The van der Waals surface area contributed by atoms with Gasteiger partial charge in [-0.05, 0) is 48.4 Å². The van der Waals surface area contributed by atoms with E-state index in [1.807, 2.05) is 22.4 Å². The van der Waals surface area contributed by atoms with E-state index in [-0.39, 0.29) is 5.91 Å². The van der Waals surface area contributed by atoms with Gasteiger partial charge in [0.05, 0.1) is 15.1 Å². The minimum Gasteiger partial charge on any atom is -0.283 e. The molecule has 3 rings (SSSR count). The van der Waals surface area contributed by atoms with Crippen LogP contribution in [0, 0.1) is 19.8 Å². The molecule has 0 saturated carbocycles. The Bertz CT molecular complexity index is 834. The smallest absolute Gasteiger partial charge is 0.270 e. The third-order valence-corrected chi connectivity index (χ3v) is 5.65. The van der Waals surface area contributed by atoms with E-state index in [1.54, 1.807) is 11.3 Å². The zero-order valence-corrected chi connectivity index (χ0v) is 15.4. The first-order chi connectivity index (χ1) is 11.0. The number of benzene rings is 1. The van der Waals surface area contributed by atoms with Crippen LogP contribution < -0.4 is 4.90 Å². The fourth-order valence-electron chi connectivity index (χ4n) is 2.63. The fourth-order valence-corrected chi connectivity index (χ4v) is 4.32. The largest absolute Gasteiger partial charge is 0.283 e. The van der Waals surface area contributed by atoms with Gasteiger partial charge in [0.25, 0.3) is 5.91 Å². The topological polar surface area (TPSA) is 33.2 Å². The van der Waals surface area contributed by atoms with Gasteiger partial charge in [-0.2, -0.15) is 0 Å². The summed E-state index contributed by atoms with van der Waals surface area (Å²) < 4.78 is 1.17. The van der Waals surface area contributed by atoms with Crippen molar-refractivity contribution in [2.45, 2.75) is 27.7 Å². The molecule has 0 atom stereocenters. The Morgan fingerprint density at radius 1 is 1.30 bits per heavy atom. The van der Waals surface area contributed by atoms with Crippen molar-refractivity contribution in [3.8, 4) is 0 Å². The second-order valence-electron chi connectivity index (χ2n) is 6.21. The number of aromatic nitrogens is 1. The normalized spacial score (nSPS) is 11.3. The van der Waals surface area contributed by atoms with E-state index >= 15 is 0 Å². The molecular weight excluding hydrogens is 324 g/mol. The Hall–Kier alpha value is -1.72. The van der Waals surface area contributed by atoms with Crippen molar-refractivity contribution < 1.29 is 4.79 Å². The third kappa shape index (κ3) is 3.31. The first-order valence-corrected chi connectivity index (χ1v) is 9.38. The SMILES string of the molecule is Cc1cc(C)c2sc(N(CC(C)C)C(=O)c3cccs3)nc2c1. The second kappa shape index (κ2) is 6.42. The number of hydrogen-bond acceptors (Lipinski definition) is 4. The van der Waals surface area contributed by atoms with Gasteiger partial charge in [0.15, 0.2) is 5.13 Å². The van der Waals surface area contributed by atoms with Crippen molar-refractivity contribution in [1.82, 2.24) is 4.98 Å². The van der Waals surface area contributed by atoms with Crippen LogP contribution in [-0.2, 0) is 0 Å². The van der Waals surface area contributed by atoms with Crippen molar-refractivity contribution in [3.63, 3.8) is 0 Å². The number of nitrogens with zero attached hydrogens (tertiary/aromatic N) is 2. The lowest BCUT2D eigenvalue weighted by Gasteiger charge is -2.21. The summed E-state index contributed by atoms with van der Waals surface area (Å²) in [4.78, 5) is 20.2. The molecule has 0 bridgehead atoms. The first-order valence-electron chi connectivity index (χ1n) is 7.69. The zero-order chi connectivity index (χ0) is 16.6. The lowest BCUT2D eigenvalue weighted by atomic mass is 10.1. The number of aryl methyl sites for hydroxylation is 2. The van der Waals surface area contributed by atoms with Crippen LogP contribution in [0.2, 0.25) is 0 Å². The molecule has 0 aliphatic carbocycles. The number of anilines is 1. The summed E-state index contributed by atoms with van der Waals surface area (Å²) in [6, 6.07) is 8.05. The summed E-state index contributed by atoms with van der Waals surface area (Å²) in [5, 5.41) is 2.73. The lowest BCUT2D eigenvalue weighted by Crippen LogP contribution is -2.33. The van der Waals surface area contributed by atoms with Crippen molar-refractivity contribution in [3.05, 3.63) is 45.6 Å². The standard InChI is InChI=1S/C18H20N2OS2/c1-11(2)10-20(17(21)15-6-5-7-22-15)18-19-14-9-12(3)8-13(4)16(14)23-18/h5-9,11H,10H2,1-4H3.